The van der Waals surface area contributed by atoms with Gasteiger partial charge in [0.15, 0.2) is 11.6 Å². The maximum Gasteiger partial charge on any atom is 0.201 e. The summed E-state index contributed by atoms with van der Waals surface area (Å²) in [5, 5.41) is 7.60. The third-order valence-corrected chi connectivity index (χ3v) is 3.21. The number of nitrogens with zero attached hydrogens (tertiary/aromatic N) is 2. The molecular weight excluding hydrogens is 310 g/mol. The molecule has 0 saturated carbocycles. The van der Waals surface area contributed by atoms with Crippen molar-refractivity contribution in [1.29, 1.82) is 0 Å². The monoisotopic (exact) mass is 328 g/mol. The minimum absolute atomic E-state index is 0.00874. The van der Waals surface area contributed by atoms with Crippen molar-refractivity contribution in [3.05, 3.63) is 77.4 Å². The molecule has 2 aromatic rings. The van der Waals surface area contributed by atoms with Crippen LogP contribution in [0.4, 0.5) is 8.78 Å². The van der Waals surface area contributed by atoms with E-state index in [-0.39, 0.29) is 17.9 Å². The first-order chi connectivity index (χ1) is 11.7. The fourth-order valence-corrected chi connectivity index (χ4v) is 2.02. The smallest absolute Gasteiger partial charge is 0.201 e. The Balaban J connectivity index is 2.05. The summed E-state index contributed by atoms with van der Waals surface area (Å²) in [6.07, 6.45) is 5.34. The SMILES string of the molecule is C=CCc1ccc(C=NN=Cc2ccc(OCC)c(F)c2F)cc1. The van der Waals surface area contributed by atoms with Crippen LogP contribution in [0.3, 0.4) is 0 Å². The number of hydrogen-bond acceptors (Lipinski definition) is 3. The van der Waals surface area contributed by atoms with Gasteiger partial charge in [-0.1, -0.05) is 30.3 Å². The van der Waals surface area contributed by atoms with E-state index in [0.29, 0.717) is 0 Å². The molecule has 5 heteroatoms. The van der Waals surface area contributed by atoms with Gasteiger partial charge in [-0.25, -0.2) is 4.39 Å². The zero-order valence-electron chi connectivity index (χ0n) is 13.4. The Morgan fingerprint density at radius 1 is 1.00 bits per heavy atom. The van der Waals surface area contributed by atoms with E-state index in [2.05, 4.69) is 16.8 Å². The third kappa shape index (κ3) is 4.59. The number of rotatable bonds is 7. The highest BCUT2D eigenvalue weighted by Crippen LogP contribution is 2.21. The Hall–Kier alpha value is -2.82. The van der Waals surface area contributed by atoms with E-state index in [1.54, 1.807) is 6.92 Å². The number of benzene rings is 2. The molecule has 0 fully saturated rings. The average molecular weight is 328 g/mol. The van der Waals surface area contributed by atoms with Crippen LogP contribution in [-0.4, -0.2) is 19.0 Å². The summed E-state index contributed by atoms with van der Waals surface area (Å²) in [5.74, 6) is -2.15. The van der Waals surface area contributed by atoms with E-state index in [0.717, 1.165) is 23.8 Å². The molecule has 0 heterocycles. The van der Waals surface area contributed by atoms with Crippen LogP contribution >= 0.6 is 0 Å². The summed E-state index contributed by atoms with van der Waals surface area (Å²) < 4.78 is 32.6. The predicted octanol–water partition coefficient (Wildman–Crippen LogP) is 4.55. The summed E-state index contributed by atoms with van der Waals surface area (Å²) in [6, 6.07) is 10.5. The van der Waals surface area contributed by atoms with Gasteiger partial charge < -0.3 is 4.74 Å². The first-order valence-electron chi connectivity index (χ1n) is 7.52. The van der Waals surface area contributed by atoms with Crippen molar-refractivity contribution in [3.8, 4) is 5.75 Å². The van der Waals surface area contributed by atoms with Crippen molar-refractivity contribution in [3.63, 3.8) is 0 Å². The maximum absolute atomic E-state index is 13.8. The standard InChI is InChI=1S/C19H18F2N2O/c1-3-5-14-6-8-15(9-7-14)12-22-23-13-16-10-11-17(24-4-2)19(21)18(16)20/h3,6-13H,1,4-5H2,2H3. The zero-order chi connectivity index (χ0) is 17.4. The van der Waals surface area contributed by atoms with Gasteiger partial charge in [-0.2, -0.15) is 14.6 Å². The first-order valence-corrected chi connectivity index (χ1v) is 7.52. The van der Waals surface area contributed by atoms with Gasteiger partial charge in [-0.05, 0) is 36.6 Å². The number of ether oxygens (including phenoxy) is 1. The van der Waals surface area contributed by atoms with E-state index >= 15 is 0 Å². The lowest BCUT2D eigenvalue weighted by Gasteiger charge is -2.05. The Morgan fingerprint density at radius 3 is 2.38 bits per heavy atom. The van der Waals surface area contributed by atoms with Crippen molar-refractivity contribution in [1.82, 2.24) is 0 Å². The second kappa shape index (κ2) is 8.72. The molecule has 0 aliphatic rings. The van der Waals surface area contributed by atoms with Crippen LogP contribution < -0.4 is 4.74 Å². The topological polar surface area (TPSA) is 34.0 Å². The molecule has 0 radical (unpaired) electrons. The fraction of sp³-hybridized carbons (Fsp3) is 0.158. The summed E-state index contributed by atoms with van der Waals surface area (Å²) >= 11 is 0. The highest BCUT2D eigenvalue weighted by Gasteiger charge is 2.12. The van der Waals surface area contributed by atoms with Crippen molar-refractivity contribution in [2.75, 3.05) is 6.61 Å². The molecular formula is C19H18F2N2O. The maximum atomic E-state index is 13.8. The molecule has 0 atom stereocenters. The van der Waals surface area contributed by atoms with Crippen LogP contribution in [0.2, 0.25) is 0 Å². The van der Waals surface area contributed by atoms with Crippen molar-refractivity contribution in [2.45, 2.75) is 13.3 Å². The Labute approximate surface area is 140 Å². The number of allylic oxidation sites excluding steroid dienone is 1. The van der Waals surface area contributed by atoms with E-state index in [1.807, 2.05) is 30.3 Å². The molecule has 2 rings (SSSR count). The molecule has 3 nitrogen and oxygen atoms in total. The van der Waals surface area contributed by atoms with Gasteiger partial charge in [0.1, 0.15) is 0 Å². The van der Waals surface area contributed by atoms with Crippen molar-refractivity contribution >= 4 is 12.4 Å². The zero-order valence-corrected chi connectivity index (χ0v) is 13.4. The minimum Gasteiger partial charge on any atom is -0.491 e. The van der Waals surface area contributed by atoms with Gasteiger partial charge in [0.05, 0.1) is 19.0 Å². The summed E-state index contributed by atoms with van der Waals surface area (Å²) in [4.78, 5) is 0. The van der Waals surface area contributed by atoms with Crippen LogP contribution in [0.25, 0.3) is 0 Å². The molecule has 0 unspecified atom stereocenters. The molecule has 0 saturated heterocycles. The summed E-state index contributed by atoms with van der Waals surface area (Å²) in [6.45, 7) is 5.65. The number of hydrogen-bond donors (Lipinski definition) is 0. The molecule has 0 aromatic heterocycles. The molecule has 0 bridgehead atoms. The van der Waals surface area contributed by atoms with Gasteiger partial charge in [-0.15, -0.1) is 6.58 Å². The summed E-state index contributed by atoms with van der Waals surface area (Å²) in [5.41, 5.74) is 2.02. The highest BCUT2D eigenvalue weighted by molar-refractivity contribution is 5.83. The van der Waals surface area contributed by atoms with Gasteiger partial charge >= 0.3 is 0 Å². The summed E-state index contributed by atoms with van der Waals surface area (Å²) in [7, 11) is 0. The molecule has 0 N–H and O–H groups in total. The van der Waals surface area contributed by atoms with Gasteiger partial charge in [0.25, 0.3) is 0 Å². The lowest BCUT2D eigenvalue weighted by molar-refractivity contribution is 0.314. The van der Waals surface area contributed by atoms with E-state index in [1.165, 1.54) is 18.3 Å². The Kier molecular flexibility index (Phi) is 6.37. The van der Waals surface area contributed by atoms with Crippen LogP contribution in [-0.2, 0) is 6.42 Å². The van der Waals surface area contributed by atoms with E-state index in [9.17, 15) is 8.78 Å². The molecule has 0 aliphatic carbocycles. The molecule has 0 spiro atoms. The van der Waals surface area contributed by atoms with Crippen LogP contribution in [0.15, 0.2) is 59.3 Å². The van der Waals surface area contributed by atoms with E-state index in [4.69, 9.17) is 4.74 Å². The van der Waals surface area contributed by atoms with Crippen LogP contribution in [0.1, 0.15) is 23.6 Å². The molecule has 2 aromatic carbocycles. The molecule has 24 heavy (non-hydrogen) atoms. The van der Waals surface area contributed by atoms with Crippen LogP contribution in [0, 0.1) is 11.6 Å². The lowest BCUT2D eigenvalue weighted by atomic mass is 10.1. The van der Waals surface area contributed by atoms with Crippen molar-refractivity contribution in [2.24, 2.45) is 10.2 Å². The van der Waals surface area contributed by atoms with Gasteiger partial charge in [0.2, 0.25) is 5.82 Å². The fourth-order valence-electron chi connectivity index (χ4n) is 2.02. The Morgan fingerprint density at radius 2 is 1.71 bits per heavy atom. The molecule has 0 amide bonds. The third-order valence-electron chi connectivity index (χ3n) is 3.21. The highest BCUT2D eigenvalue weighted by atomic mass is 19.2. The van der Waals surface area contributed by atoms with Crippen molar-refractivity contribution < 1.29 is 13.5 Å². The second-order valence-electron chi connectivity index (χ2n) is 4.94. The van der Waals surface area contributed by atoms with Gasteiger partial charge in [-0.3, -0.25) is 0 Å². The molecule has 0 aliphatic heterocycles. The second-order valence-corrected chi connectivity index (χ2v) is 4.94. The minimum atomic E-state index is -1.03. The van der Waals surface area contributed by atoms with E-state index < -0.39 is 11.6 Å². The quantitative estimate of drug-likeness (QED) is 0.417. The predicted molar refractivity (Wildman–Crippen MR) is 93.1 cm³/mol. The average Bonchev–Trinajstić information content (AvgIpc) is 2.59. The van der Waals surface area contributed by atoms with Gasteiger partial charge in [0, 0.05) is 5.56 Å². The van der Waals surface area contributed by atoms with Crippen LogP contribution in [0.5, 0.6) is 5.75 Å². The lowest BCUT2D eigenvalue weighted by Crippen LogP contribution is -2.00. The first kappa shape index (κ1) is 17.5. The normalized spacial score (nSPS) is 11.3. The molecule has 124 valence electrons. The number of halogens is 2. The largest absolute Gasteiger partial charge is 0.491 e. The Bertz CT molecular complexity index is 753.